The maximum Gasteiger partial charge on any atom is 0.0720 e. The molecule has 3 heteroatoms. The van der Waals surface area contributed by atoms with Crippen LogP contribution in [0.2, 0.25) is 0 Å². The van der Waals surface area contributed by atoms with E-state index in [1.165, 1.54) is 5.56 Å². The Kier molecular flexibility index (Phi) is 5.91. The van der Waals surface area contributed by atoms with Crippen molar-refractivity contribution in [2.45, 2.75) is 32.5 Å². The Morgan fingerprint density at radius 1 is 1.47 bits per heavy atom. The first kappa shape index (κ1) is 12.7. The minimum atomic E-state index is 0.285. The Morgan fingerprint density at radius 3 is 2.93 bits per heavy atom. The Bertz CT molecular complexity index is 291. The summed E-state index contributed by atoms with van der Waals surface area (Å²) in [5.41, 5.74) is 6.64. The minimum absolute atomic E-state index is 0.285. The van der Waals surface area contributed by atoms with Crippen molar-refractivity contribution in [3.8, 4) is 0 Å². The summed E-state index contributed by atoms with van der Waals surface area (Å²) in [6, 6.07) is 8.19. The lowest BCUT2D eigenvalue weighted by Gasteiger charge is -2.12. The van der Waals surface area contributed by atoms with Gasteiger partial charge in [0.1, 0.15) is 0 Å². The van der Waals surface area contributed by atoms with Gasteiger partial charge in [-0.05, 0) is 44.0 Å². The van der Waals surface area contributed by atoms with E-state index in [-0.39, 0.29) is 6.10 Å². The average molecular weight is 272 g/mol. The summed E-state index contributed by atoms with van der Waals surface area (Å²) < 4.78 is 6.80. The van der Waals surface area contributed by atoms with Gasteiger partial charge < -0.3 is 10.5 Å². The van der Waals surface area contributed by atoms with E-state index in [1.54, 1.807) is 0 Å². The Balaban J connectivity index is 2.30. The molecule has 0 spiro atoms. The lowest BCUT2D eigenvalue weighted by atomic mass is 10.2. The van der Waals surface area contributed by atoms with Crippen molar-refractivity contribution in [3.05, 3.63) is 34.3 Å². The molecule has 0 amide bonds. The summed E-state index contributed by atoms with van der Waals surface area (Å²) in [4.78, 5) is 0. The molecule has 84 valence electrons. The molecule has 15 heavy (non-hydrogen) atoms. The highest BCUT2D eigenvalue weighted by Crippen LogP contribution is 2.13. The zero-order valence-corrected chi connectivity index (χ0v) is 10.7. The van der Waals surface area contributed by atoms with E-state index < -0.39 is 0 Å². The Morgan fingerprint density at radius 2 is 2.27 bits per heavy atom. The van der Waals surface area contributed by atoms with Gasteiger partial charge >= 0.3 is 0 Å². The van der Waals surface area contributed by atoms with E-state index >= 15 is 0 Å². The molecular formula is C12H18BrNO. The van der Waals surface area contributed by atoms with Gasteiger partial charge in [0.05, 0.1) is 12.7 Å². The summed E-state index contributed by atoms with van der Waals surface area (Å²) in [6.07, 6.45) is 2.34. The molecule has 2 N–H and O–H groups in total. The Labute approximate surface area is 99.9 Å². The molecule has 0 aromatic heterocycles. The normalized spacial score (nSPS) is 12.7. The van der Waals surface area contributed by atoms with Crippen LogP contribution in [0.1, 0.15) is 25.3 Å². The van der Waals surface area contributed by atoms with Crippen molar-refractivity contribution < 1.29 is 4.74 Å². The van der Waals surface area contributed by atoms with Gasteiger partial charge in [-0.3, -0.25) is 0 Å². The maximum absolute atomic E-state index is 5.71. The SMILES string of the molecule is CC(CCCN)OCc1cccc(Br)c1. The summed E-state index contributed by atoms with van der Waals surface area (Å²) in [5, 5.41) is 0. The van der Waals surface area contributed by atoms with Crippen LogP contribution >= 0.6 is 15.9 Å². The van der Waals surface area contributed by atoms with Gasteiger partial charge in [-0.25, -0.2) is 0 Å². The largest absolute Gasteiger partial charge is 0.374 e. The van der Waals surface area contributed by atoms with Crippen molar-refractivity contribution in [2.24, 2.45) is 5.73 Å². The minimum Gasteiger partial charge on any atom is -0.374 e. The molecule has 1 unspecified atom stereocenters. The topological polar surface area (TPSA) is 35.2 Å². The van der Waals surface area contributed by atoms with Gasteiger partial charge in [-0.2, -0.15) is 0 Å². The van der Waals surface area contributed by atoms with Crippen LogP contribution in [0.4, 0.5) is 0 Å². The second-order valence-corrected chi connectivity index (χ2v) is 4.60. The number of ether oxygens (including phenoxy) is 1. The number of rotatable bonds is 6. The number of nitrogens with two attached hydrogens (primary N) is 1. The van der Waals surface area contributed by atoms with Crippen LogP contribution in [0.15, 0.2) is 28.7 Å². The van der Waals surface area contributed by atoms with E-state index in [4.69, 9.17) is 10.5 Å². The number of hydrogen-bond acceptors (Lipinski definition) is 2. The highest BCUT2D eigenvalue weighted by Gasteiger charge is 2.02. The first-order valence-corrected chi connectivity index (χ1v) is 6.08. The fraction of sp³-hybridized carbons (Fsp3) is 0.500. The molecule has 1 rings (SSSR count). The van der Waals surface area contributed by atoms with Gasteiger partial charge in [-0.1, -0.05) is 28.1 Å². The number of halogens is 1. The summed E-state index contributed by atoms with van der Waals surface area (Å²) in [5.74, 6) is 0. The summed E-state index contributed by atoms with van der Waals surface area (Å²) in [6.45, 7) is 3.50. The molecule has 1 atom stereocenters. The molecule has 0 radical (unpaired) electrons. The standard InChI is InChI=1S/C12H18BrNO/c1-10(4-3-7-14)15-9-11-5-2-6-12(13)8-11/h2,5-6,8,10H,3-4,7,9,14H2,1H3. The van der Waals surface area contributed by atoms with Gasteiger partial charge in [0, 0.05) is 4.47 Å². The zero-order chi connectivity index (χ0) is 11.1. The number of hydrogen-bond donors (Lipinski definition) is 1. The smallest absolute Gasteiger partial charge is 0.0720 e. The third-order valence-electron chi connectivity index (χ3n) is 2.24. The van der Waals surface area contributed by atoms with E-state index in [0.29, 0.717) is 6.61 Å². The van der Waals surface area contributed by atoms with Gasteiger partial charge in [0.2, 0.25) is 0 Å². The van der Waals surface area contributed by atoms with Gasteiger partial charge in [0.15, 0.2) is 0 Å². The fourth-order valence-electron chi connectivity index (χ4n) is 1.35. The first-order chi connectivity index (χ1) is 7.22. The van der Waals surface area contributed by atoms with Crippen LogP contribution in [0.25, 0.3) is 0 Å². The molecule has 0 fully saturated rings. The molecular weight excluding hydrogens is 254 g/mol. The van der Waals surface area contributed by atoms with E-state index in [2.05, 4.69) is 35.0 Å². The molecule has 0 saturated carbocycles. The lowest BCUT2D eigenvalue weighted by Crippen LogP contribution is -2.10. The quantitative estimate of drug-likeness (QED) is 0.863. The average Bonchev–Trinajstić information content (AvgIpc) is 2.23. The van der Waals surface area contributed by atoms with Crippen LogP contribution in [0, 0.1) is 0 Å². The molecule has 0 aliphatic heterocycles. The number of benzene rings is 1. The Hall–Kier alpha value is -0.380. The van der Waals surface area contributed by atoms with Crippen LogP contribution in [-0.4, -0.2) is 12.6 Å². The highest BCUT2D eigenvalue weighted by atomic mass is 79.9. The third-order valence-corrected chi connectivity index (χ3v) is 2.73. The lowest BCUT2D eigenvalue weighted by molar-refractivity contribution is 0.0467. The summed E-state index contributed by atoms with van der Waals surface area (Å²) >= 11 is 3.44. The maximum atomic E-state index is 5.71. The van der Waals surface area contributed by atoms with Crippen LogP contribution < -0.4 is 5.73 Å². The fourth-order valence-corrected chi connectivity index (χ4v) is 1.80. The van der Waals surface area contributed by atoms with Crippen LogP contribution in [-0.2, 0) is 11.3 Å². The predicted octanol–water partition coefficient (Wildman–Crippen LogP) is 3.09. The zero-order valence-electron chi connectivity index (χ0n) is 9.08. The second-order valence-electron chi connectivity index (χ2n) is 3.68. The van der Waals surface area contributed by atoms with Crippen molar-refractivity contribution in [2.75, 3.05) is 6.54 Å². The van der Waals surface area contributed by atoms with Crippen molar-refractivity contribution in [3.63, 3.8) is 0 Å². The molecule has 0 heterocycles. The molecule has 0 saturated heterocycles. The van der Waals surface area contributed by atoms with Gasteiger partial charge in [0.25, 0.3) is 0 Å². The first-order valence-electron chi connectivity index (χ1n) is 5.28. The molecule has 0 bridgehead atoms. The molecule has 0 aliphatic rings. The van der Waals surface area contributed by atoms with E-state index in [9.17, 15) is 0 Å². The second kappa shape index (κ2) is 6.99. The molecule has 0 aliphatic carbocycles. The van der Waals surface area contributed by atoms with Crippen LogP contribution in [0.5, 0.6) is 0 Å². The van der Waals surface area contributed by atoms with E-state index in [1.807, 2.05) is 12.1 Å². The highest BCUT2D eigenvalue weighted by molar-refractivity contribution is 9.10. The predicted molar refractivity (Wildman–Crippen MR) is 66.7 cm³/mol. The van der Waals surface area contributed by atoms with Gasteiger partial charge in [-0.15, -0.1) is 0 Å². The molecule has 1 aromatic rings. The van der Waals surface area contributed by atoms with Crippen molar-refractivity contribution >= 4 is 15.9 Å². The molecule has 2 nitrogen and oxygen atoms in total. The monoisotopic (exact) mass is 271 g/mol. The summed E-state index contributed by atoms with van der Waals surface area (Å²) in [7, 11) is 0. The molecule has 1 aromatic carbocycles. The van der Waals surface area contributed by atoms with Crippen molar-refractivity contribution in [1.29, 1.82) is 0 Å². The van der Waals surface area contributed by atoms with Crippen LogP contribution in [0.3, 0.4) is 0 Å². The van der Waals surface area contributed by atoms with Crippen molar-refractivity contribution in [1.82, 2.24) is 0 Å². The van der Waals surface area contributed by atoms with E-state index in [0.717, 1.165) is 23.9 Å². The third kappa shape index (κ3) is 5.30.